The van der Waals surface area contributed by atoms with Crippen LogP contribution in [0, 0.1) is 23.5 Å². The summed E-state index contributed by atoms with van der Waals surface area (Å²) < 4.78 is 96.4. The van der Waals surface area contributed by atoms with Crippen molar-refractivity contribution >= 4 is 23.5 Å². The lowest BCUT2D eigenvalue weighted by molar-refractivity contribution is -0.0787. The Balaban J connectivity index is 0.000000255. The molecule has 300 valence electrons. The molecule has 0 saturated carbocycles. The van der Waals surface area contributed by atoms with Crippen molar-refractivity contribution < 1.29 is 50.4 Å². The summed E-state index contributed by atoms with van der Waals surface area (Å²) in [5, 5.41) is 0. The van der Waals surface area contributed by atoms with E-state index in [2.05, 4.69) is 24.7 Å². The Hall–Kier alpha value is -5.10. The van der Waals surface area contributed by atoms with E-state index in [1.54, 1.807) is 0 Å². The molecular weight excluding hydrogens is 733 g/mol. The number of carbonyl (C=O) groups is 1. The fourth-order valence-corrected chi connectivity index (χ4v) is 7.21. The molecule has 4 aliphatic heterocycles. The van der Waals surface area contributed by atoms with Gasteiger partial charge in [-0.05, 0) is 35.9 Å². The van der Waals surface area contributed by atoms with Gasteiger partial charge in [-0.1, -0.05) is 20.9 Å². The van der Waals surface area contributed by atoms with Crippen LogP contribution in [0.5, 0.6) is 5.88 Å². The summed E-state index contributed by atoms with van der Waals surface area (Å²) >= 11 is 0. The number of ketones is 1. The largest absolute Gasteiger partial charge is 0.462 e. The van der Waals surface area contributed by atoms with Gasteiger partial charge in [-0.15, -0.1) is 0 Å². The summed E-state index contributed by atoms with van der Waals surface area (Å²) in [6.45, 7) is -1.70. The highest BCUT2D eigenvalue weighted by Crippen LogP contribution is 2.45. The smallest absolute Gasteiger partial charge is 0.283 e. The molecule has 55 heavy (non-hydrogen) atoms. The number of aliphatic imine (C=N–C) groups is 2. The number of rotatable bonds is 9. The van der Waals surface area contributed by atoms with Crippen molar-refractivity contribution in [1.29, 1.82) is 0 Å². The van der Waals surface area contributed by atoms with E-state index in [1.807, 2.05) is 0 Å². The Kier molecular flexibility index (Phi) is 14.0. The number of hydrogen-bond donors (Lipinski definition) is 3. The molecular formula is C37H46F5N7O6. The molecule has 3 aromatic rings. The number of alkyl halides is 3. The zero-order chi connectivity index (χ0) is 37.8. The second-order valence-electron chi connectivity index (χ2n) is 12.9. The monoisotopic (exact) mass is 779 g/mol. The molecule has 6 N–H and O–H groups in total. The van der Waals surface area contributed by atoms with Gasteiger partial charge in [0.1, 0.15) is 54.0 Å². The van der Waals surface area contributed by atoms with Crippen LogP contribution >= 0.6 is 0 Å². The fourth-order valence-electron chi connectivity index (χ4n) is 7.21. The van der Waals surface area contributed by atoms with Crippen LogP contribution in [0.3, 0.4) is 0 Å². The molecule has 0 radical (unpaired) electrons. The van der Waals surface area contributed by atoms with Gasteiger partial charge in [0.25, 0.3) is 12.0 Å². The molecule has 0 unspecified atom stereocenters. The molecule has 5 heterocycles. The van der Waals surface area contributed by atoms with Crippen LogP contribution in [0.25, 0.3) is 0 Å². The lowest BCUT2D eigenvalue weighted by Gasteiger charge is -2.45. The zero-order valence-electron chi connectivity index (χ0n) is 28.4. The van der Waals surface area contributed by atoms with E-state index in [0.717, 1.165) is 12.4 Å². The normalized spacial score (nSPS) is 26.6. The van der Waals surface area contributed by atoms with Crippen molar-refractivity contribution in [1.82, 2.24) is 9.97 Å². The lowest BCUT2D eigenvalue weighted by atomic mass is 9.74. The quantitative estimate of drug-likeness (QED) is 0.153. The van der Waals surface area contributed by atoms with E-state index in [9.17, 15) is 26.7 Å². The summed E-state index contributed by atoms with van der Waals surface area (Å²) in [5.74, 6) is -2.73. The number of carbonyl (C=O) groups excluding carboxylic acids is 1. The number of Topliss-reactive ketones (excluding diaryl/α,β-unsaturated/α-hetero) is 1. The highest BCUT2D eigenvalue weighted by atomic mass is 19.1. The minimum Gasteiger partial charge on any atom is -0.462 e. The number of nitrogens with two attached hydrogens (primary N) is 3. The number of nitrogens with zero attached hydrogens (tertiary/aromatic N) is 4. The molecule has 13 nitrogen and oxygen atoms in total. The number of hydrogen-bond acceptors (Lipinski definition) is 13. The highest BCUT2D eigenvalue weighted by molar-refractivity contribution is 5.95. The second kappa shape index (κ2) is 18.0. The Morgan fingerprint density at radius 3 is 1.84 bits per heavy atom. The Morgan fingerprint density at radius 2 is 1.33 bits per heavy atom. The molecule has 0 spiro atoms. The second-order valence-corrected chi connectivity index (χ2v) is 12.9. The first kappa shape index (κ1) is 42.6. The van der Waals surface area contributed by atoms with Crippen molar-refractivity contribution in [3.05, 3.63) is 82.8 Å². The molecule has 2 fully saturated rings. The topological polar surface area (TPSA) is 192 Å². The van der Waals surface area contributed by atoms with Crippen molar-refractivity contribution in [2.24, 2.45) is 33.3 Å². The van der Waals surface area contributed by atoms with Gasteiger partial charge in [0.2, 0.25) is 12.7 Å². The summed E-state index contributed by atoms with van der Waals surface area (Å²) in [5.41, 5.74) is 15.0. The minimum atomic E-state index is -1.62. The first-order chi connectivity index (χ1) is 25.5. The molecule has 1 aromatic heterocycles. The summed E-state index contributed by atoms with van der Waals surface area (Å²) in [6, 6.07) is 7.71. The van der Waals surface area contributed by atoms with Gasteiger partial charge >= 0.3 is 0 Å². The van der Waals surface area contributed by atoms with Crippen LogP contribution in [0.1, 0.15) is 54.9 Å². The van der Waals surface area contributed by atoms with Crippen LogP contribution in [-0.2, 0) is 36.4 Å². The third kappa shape index (κ3) is 8.59. The molecule has 4 aliphatic rings. The zero-order valence-corrected chi connectivity index (χ0v) is 28.4. The van der Waals surface area contributed by atoms with E-state index in [-0.39, 0.29) is 75.3 Å². The van der Waals surface area contributed by atoms with E-state index in [0.29, 0.717) is 37.3 Å². The Morgan fingerprint density at radius 1 is 0.782 bits per heavy atom. The number of fused-ring (bicyclic) bond motifs is 2. The van der Waals surface area contributed by atoms with Crippen molar-refractivity contribution in [2.45, 2.75) is 57.4 Å². The maximum absolute atomic E-state index is 14.9. The summed E-state index contributed by atoms with van der Waals surface area (Å²) in [7, 11) is 0. The van der Waals surface area contributed by atoms with Gasteiger partial charge in [0, 0.05) is 36.1 Å². The van der Waals surface area contributed by atoms with Gasteiger partial charge < -0.3 is 40.9 Å². The van der Waals surface area contributed by atoms with Crippen molar-refractivity contribution in [2.75, 3.05) is 52.4 Å². The van der Waals surface area contributed by atoms with Crippen LogP contribution in [-0.4, -0.2) is 86.6 Å². The van der Waals surface area contributed by atoms with Crippen LogP contribution in [0.15, 0.2) is 58.8 Å². The van der Waals surface area contributed by atoms with Crippen LogP contribution in [0.4, 0.5) is 27.6 Å². The molecule has 0 bridgehead atoms. The number of benzene rings is 2. The summed E-state index contributed by atoms with van der Waals surface area (Å²) in [4.78, 5) is 28.6. The Bertz CT molecular complexity index is 1860. The molecule has 7 rings (SSSR count). The van der Waals surface area contributed by atoms with E-state index in [1.165, 1.54) is 36.4 Å². The van der Waals surface area contributed by atoms with Gasteiger partial charge in [-0.25, -0.2) is 41.9 Å². The third-order valence-corrected chi connectivity index (χ3v) is 9.82. The predicted octanol–water partition coefficient (Wildman–Crippen LogP) is 4.86. The molecule has 2 aromatic carbocycles. The lowest BCUT2D eigenvalue weighted by Crippen LogP contribution is -2.54. The number of halogens is 5. The van der Waals surface area contributed by atoms with Gasteiger partial charge in [0.05, 0.1) is 50.7 Å². The van der Waals surface area contributed by atoms with E-state index >= 15 is 0 Å². The SMILES string of the molecule is C.C.NC1=N[C@](CF)(c2cc(CC(=O)c3cnc(OCF)cn3)ccc2F)[C@H]2COCC[C@H]2O1.NC1=N[C@](CF)(c2cc(N)ccc2F)[C@H]2COCC[C@H]2O1. The minimum absolute atomic E-state index is 0. The fraction of sp³-hybridized carbons (Fsp3) is 0.486. The first-order valence-corrected chi connectivity index (χ1v) is 16.7. The number of nitrogen functional groups attached to an aromatic ring is 1. The predicted molar refractivity (Wildman–Crippen MR) is 193 cm³/mol. The average molecular weight is 780 g/mol. The molecule has 0 aliphatic carbocycles. The average Bonchev–Trinajstić information content (AvgIpc) is 3.16. The van der Waals surface area contributed by atoms with Crippen molar-refractivity contribution in [3.8, 4) is 5.88 Å². The van der Waals surface area contributed by atoms with Crippen LogP contribution in [0.2, 0.25) is 0 Å². The third-order valence-electron chi connectivity index (χ3n) is 9.82. The van der Waals surface area contributed by atoms with Crippen molar-refractivity contribution in [3.63, 3.8) is 0 Å². The molecule has 2 saturated heterocycles. The number of aromatic nitrogens is 2. The number of ether oxygens (including phenoxy) is 5. The highest BCUT2D eigenvalue weighted by Gasteiger charge is 2.53. The summed E-state index contributed by atoms with van der Waals surface area (Å²) in [6.07, 6.45) is 2.39. The standard InChI is InChI=1S/C21H21F3N4O4.C14H17F2N3O2.2CH4/c22-10-21(14-9-30-4-3-18(14)32-20(25)28-21)13-5-12(1-2-15(13)24)6-17(29)16-7-27-19(8-26-16)31-11-23;15-7-14(9-5-8(17)1-2-11(9)16)10-6-20-4-3-12(10)21-13(18)19-14;;/h1-2,5,7-8,14,18H,3-4,6,9-11H2,(H2,25,28);1-2,5,10,12H,3-4,6-7,17H2,(H2,18,19);2*1H4/t14-,18+,21+;10-,12+,14+;;/m00../s1. The number of amidine groups is 2. The van der Waals surface area contributed by atoms with Crippen LogP contribution < -0.4 is 21.9 Å². The number of anilines is 1. The maximum atomic E-state index is 14.9. The molecule has 0 amide bonds. The van der Waals surface area contributed by atoms with Gasteiger partial charge in [-0.3, -0.25) is 4.79 Å². The van der Waals surface area contributed by atoms with Gasteiger partial charge in [-0.2, -0.15) is 0 Å². The Labute approximate surface area is 315 Å². The molecule has 18 heteroatoms. The van der Waals surface area contributed by atoms with E-state index < -0.39 is 66.6 Å². The first-order valence-electron chi connectivity index (χ1n) is 16.7. The maximum Gasteiger partial charge on any atom is 0.283 e. The molecule has 6 atom stereocenters. The van der Waals surface area contributed by atoms with E-state index in [4.69, 9.17) is 36.1 Å². The van der Waals surface area contributed by atoms with Gasteiger partial charge in [0.15, 0.2) is 5.78 Å².